The number of amides is 1. The highest BCUT2D eigenvalue weighted by Gasteiger charge is 2.66. The summed E-state index contributed by atoms with van der Waals surface area (Å²) in [6.07, 6.45) is 1.66. The molecular weight excluding hydrogens is 322 g/mol. The van der Waals surface area contributed by atoms with E-state index in [4.69, 9.17) is 4.74 Å². The molecule has 3 unspecified atom stereocenters. The molecule has 3 rings (SSSR count). The Bertz CT molecular complexity index is 674. The molecule has 1 saturated heterocycles. The van der Waals surface area contributed by atoms with Gasteiger partial charge in [0.1, 0.15) is 5.41 Å². The Morgan fingerprint density at radius 1 is 1.32 bits per heavy atom. The number of fused-ring (bicyclic) bond motifs is 1. The van der Waals surface area contributed by atoms with E-state index < -0.39 is 23.3 Å². The Morgan fingerprint density at radius 2 is 2.04 bits per heavy atom. The molecule has 2 aliphatic rings. The molecule has 1 N–H and O–H groups in total. The number of ether oxygens (including phenoxy) is 1. The zero-order valence-electron chi connectivity index (χ0n) is 14.3. The van der Waals surface area contributed by atoms with Gasteiger partial charge in [0.15, 0.2) is 0 Å². The summed E-state index contributed by atoms with van der Waals surface area (Å²) in [5.41, 5.74) is -0.0585. The standard InChI is InChI=1S/C19H23NO5/c1-2-25-18(24)19-10-6-9-15(19)20(12-13-7-4-3-5-8-13)17(23)14(19)11-16(21)22/h3-5,7-8,14-15H,2,6,9-12H2,1H3,(H,21,22). The number of hydrogen-bond acceptors (Lipinski definition) is 4. The second-order valence-corrected chi connectivity index (χ2v) is 6.77. The van der Waals surface area contributed by atoms with Crippen LogP contribution in [-0.2, 0) is 25.7 Å². The highest BCUT2D eigenvalue weighted by atomic mass is 16.5. The van der Waals surface area contributed by atoms with E-state index in [9.17, 15) is 19.5 Å². The Kier molecular flexibility index (Phi) is 4.79. The number of carbonyl (C=O) groups excluding carboxylic acids is 2. The zero-order valence-corrected chi connectivity index (χ0v) is 14.3. The van der Waals surface area contributed by atoms with Crippen molar-refractivity contribution in [2.24, 2.45) is 11.3 Å². The van der Waals surface area contributed by atoms with Gasteiger partial charge in [-0.2, -0.15) is 0 Å². The molecule has 0 spiro atoms. The molecule has 1 heterocycles. The fraction of sp³-hybridized carbons (Fsp3) is 0.526. The van der Waals surface area contributed by atoms with E-state index in [1.807, 2.05) is 30.3 Å². The van der Waals surface area contributed by atoms with Crippen molar-refractivity contribution in [1.82, 2.24) is 4.90 Å². The molecule has 6 nitrogen and oxygen atoms in total. The van der Waals surface area contributed by atoms with E-state index in [1.165, 1.54) is 0 Å². The maximum Gasteiger partial charge on any atom is 0.315 e. The van der Waals surface area contributed by atoms with Gasteiger partial charge in [-0.3, -0.25) is 14.4 Å². The Labute approximate surface area is 146 Å². The summed E-state index contributed by atoms with van der Waals surface area (Å²) in [6.45, 7) is 2.34. The van der Waals surface area contributed by atoms with Crippen LogP contribution in [0.2, 0.25) is 0 Å². The number of benzene rings is 1. The van der Waals surface area contributed by atoms with Gasteiger partial charge in [-0.15, -0.1) is 0 Å². The van der Waals surface area contributed by atoms with E-state index >= 15 is 0 Å². The molecule has 1 amide bonds. The Balaban J connectivity index is 1.97. The second-order valence-electron chi connectivity index (χ2n) is 6.77. The lowest BCUT2D eigenvalue weighted by Crippen LogP contribution is -2.44. The fourth-order valence-corrected chi connectivity index (χ4v) is 4.48. The van der Waals surface area contributed by atoms with Crippen molar-refractivity contribution < 1.29 is 24.2 Å². The molecule has 0 bridgehead atoms. The molecule has 25 heavy (non-hydrogen) atoms. The van der Waals surface area contributed by atoms with Crippen molar-refractivity contribution in [3.8, 4) is 0 Å². The van der Waals surface area contributed by atoms with Crippen molar-refractivity contribution in [3.05, 3.63) is 35.9 Å². The van der Waals surface area contributed by atoms with Gasteiger partial charge in [0.05, 0.1) is 18.9 Å². The van der Waals surface area contributed by atoms with Gasteiger partial charge in [0.25, 0.3) is 0 Å². The quantitative estimate of drug-likeness (QED) is 0.799. The second kappa shape index (κ2) is 6.86. The monoisotopic (exact) mass is 345 g/mol. The van der Waals surface area contributed by atoms with Crippen LogP contribution in [0.15, 0.2) is 30.3 Å². The SMILES string of the molecule is CCOC(=O)C12CCCC1N(Cc1ccccc1)C(=O)C2CC(=O)O. The number of carboxylic acid groups (broad SMARTS) is 1. The van der Waals surface area contributed by atoms with Crippen LogP contribution in [0.4, 0.5) is 0 Å². The van der Waals surface area contributed by atoms with Crippen LogP contribution < -0.4 is 0 Å². The predicted molar refractivity (Wildman–Crippen MR) is 89.4 cm³/mol. The van der Waals surface area contributed by atoms with Crippen LogP contribution >= 0.6 is 0 Å². The summed E-state index contributed by atoms with van der Waals surface area (Å²) < 4.78 is 5.28. The number of nitrogens with zero attached hydrogens (tertiary/aromatic N) is 1. The molecule has 1 aliphatic heterocycles. The number of carbonyl (C=O) groups is 3. The summed E-state index contributed by atoms with van der Waals surface area (Å²) in [5, 5.41) is 9.29. The van der Waals surface area contributed by atoms with E-state index in [0.717, 1.165) is 12.0 Å². The first-order valence-corrected chi connectivity index (χ1v) is 8.74. The highest BCUT2D eigenvalue weighted by molar-refractivity contribution is 5.95. The van der Waals surface area contributed by atoms with Gasteiger partial charge in [0.2, 0.25) is 5.91 Å². The molecule has 1 aromatic rings. The normalized spacial score (nSPS) is 28.0. The summed E-state index contributed by atoms with van der Waals surface area (Å²) in [5.74, 6) is -2.58. The first-order valence-electron chi connectivity index (χ1n) is 8.74. The topological polar surface area (TPSA) is 83.9 Å². The van der Waals surface area contributed by atoms with Crippen molar-refractivity contribution in [3.63, 3.8) is 0 Å². The van der Waals surface area contributed by atoms with Crippen molar-refractivity contribution in [1.29, 1.82) is 0 Å². The minimum Gasteiger partial charge on any atom is -0.481 e. The van der Waals surface area contributed by atoms with Gasteiger partial charge in [-0.1, -0.05) is 36.8 Å². The lowest BCUT2D eigenvalue weighted by molar-refractivity contribution is -0.160. The molecule has 0 aromatic heterocycles. The molecule has 3 atom stereocenters. The molecule has 134 valence electrons. The Hall–Kier alpha value is -2.37. The number of aliphatic carboxylic acids is 1. The summed E-state index contributed by atoms with van der Waals surface area (Å²) in [4.78, 5) is 38.9. The average Bonchev–Trinajstić information content (AvgIpc) is 3.10. The third-order valence-corrected chi connectivity index (χ3v) is 5.47. The lowest BCUT2D eigenvalue weighted by atomic mass is 9.72. The first-order chi connectivity index (χ1) is 12.0. The van der Waals surface area contributed by atoms with Crippen LogP contribution in [0, 0.1) is 11.3 Å². The number of esters is 1. The summed E-state index contributed by atoms with van der Waals surface area (Å²) in [7, 11) is 0. The molecule has 1 saturated carbocycles. The highest BCUT2D eigenvalue weighted by Crippen LogP contribution is 2.55. The maximum atomic E-state index is 13.0. The largest absolute Gasteiger partial charge is 0.481 e. The first kappa shape index (κ1) is 17.5. The number of carboxylic acids is 1. The maximum absolute atomic E-state index is 13.0. The van der Waals surface area contributed by atoms with E-state index in [1.54, 1.807) is 11.8 Å². The minimum absolute atomic E-state index is 0.222. The van der Waals surface area contributed by atoms with Crippen LogP contribution in [0.5, 0.6) is 0 Å². The third kappa shape index (κ3) is 2.90. The summed E-state index contributed by atoms with van der Waals surface area (Å²) in [6, 6.07) is 9.28. The third-order valence-electron chi connectivity index (χ3n) is 5.47. The minimum atomic E-state index is -1.06. The van der Waals surface area contributed by atoms with Crippen molar-refractivity contribution in [2.75, 3.05) is 6.61 Å². The fourth-order valence-electron chi connectivity index (χ4n) is 4.48. The Morgan fingerprint density at radius 3 is 2.68 bits per heavy atom. The van der Waals surface area contributed by atoms with Crippen molar-refractivity contribution >= 4 is 17.8 Å². The van der Waals surface area contributed by atoms with Crippen molar-refractivity contribution in [2.45, 2.75) is 45.2 Å². The zero-order chi connectivity index (χ0) is 18.0. The van der Waals surface area contributed by atoms with Crippen LogP contribution in [0.25, 0.3) is 0 Å². The van der Waals surface area contributed by atoms with E-state index in [0.29, 0.717) is 19.4 Å². The van der Waals surface area contributed by atoms with Gasteiger partial charge >= 0.3 is 11.9 Å². The number of rotatable bonds is 6. The van der Waals surface area contributed by atoms with Crippen LogP contribution in [0.3, 0.4) is 0 Å². The van der Waals surface area contributed by atoms with Gasteiger partial charge < -0.3 is 14.7 Å². The van der Waals surface area contributed by atoms with E-state index in [2.05, 4.69) is 0 Å². The van der Waals surface area contributed by atoms with Gasteiger partial charge in [-0.25, -0.2) is 0 Å². The van der Waals surface area contributed by atoms with Gasteiger partial charge in [-0.05, 0) is 25.3 Å². The van der Waals surface area contributed by atoms with E-state index in [-0.39, 0.29) is 25.0 Å². The number of likely N-dealkylation sites (tertiary alicyclic amines) is 1. The molecule has 2 fully saturated rings. The lowest BCUT2D eigenvalue weighted by Gasteiger charge is -2.32. The molecular formula is C19H23NO5. The smallest absolute Gasteiger partial charge is 0.315 e. The molecule has 6 heteroatoms. The molecule has 1 aliphatic carbocycles. The summed E-state index contributed by atoms with van der Waals surface area (Å²) >= 11 is 0. The molecule has 0 radical (unpaired) electrons. The van der Waals surface area contributed by atoms with Crippen LogP contribution in [-0.4, -0.2) is 40.5 Å². The van der Waals surface area contributed by atoms with Gasteiger partial charge in [0, 0.05) is 12.6 Å². The number of hydrogen-bond donors (Lipinski definition) is 1. The average molecular weight is 345 g/mol. The van der Waals surface area contributed by atoms with Crippen LogP contribution in [0.1, 0.15) is 38.2 Å². The molecule has 1 aromatic carbocycles. The predicted octanol–water partition coefficient (Wildman–Crippen LogP) is 2.22.